The number of aryl methyl sites for hydroxylation is 1. The van der Waals surface area contributed by atoms with Gasteiger partial charge in [-0.1, -0.05) is 47.9 Å². The maximum atomic E-state index is 12.4. The number of carbonyl (C=O) groups excluding carboxylic acids is 1. The number of nitrogens with zero attached hydrogens (tertiary/aromatic N) is 4. The van der Waals surface area contributed by atoms with E-state index in [1.165, 1.54) is 24.0 Å². The van der Waals surface area contributed by atoms with Crippen LogP contribution in [-0.2, 0) is 6.54 Å². The zero-order chi connectivity index (χ0) is 18.6. The molecule has 0 spiro atoms. The number of aromatic nitrogens is 3. The topological polar surface area (TPSA) is 63.1 Å². The fourth-order valence-corrected chi connectivity index (χ4v) is 4.23. The molecule has 1 amide bonds. The molecule has 1 saturated carbocycles. The monoisotopic (exact) mass is 367 g/mol. The second kappa shape index (κ2) is 8.21. The Balaban J connectivity index is 1.36. The molecule has 1 N–H and O–H groups in total. The molecule has 6 heteroatoms. The van der Waals surface area contributed by atoms with Gasteiger partial charge >= 0.3 is 0 Å². The van der Waals surface area contributed by atoms with Gasteiger partial charge in [0, 0.05) is 19.1 Å². The molecule has 1 saturated heterocycles. The number of hydrogen-bond acceptors (Lipinski definition) is 4. The molecule has 1 atom stereocenters. The smallest absolute Gasteiger partial charge is 0.273 e. The summed E-state index contributed by atoms with van der Waals surface area (Å²) in [6, 6.07) is 9.35. The quantitative estimate of drug-likeness (QED) is 0.882. The standard InChI is InChI=1S/C21H29N5O/c1-16-8-10-17(11-9-16)13-25-12-4-7-19(14-25)26-15-20(23-24-26)21(27)22-18-5-2-3-6-18/h8-11,15,18-19H,2-7,12-14H2,1H3,(H,22,27)/t19-/m1/s1. The molecule has 144 valence electrons. The number of amides is 1. The van der Waals surface area contributed by atoms with Crippen molar-refractivity contribution in [2.75, 3.05) is 13.1 Å². The second-order valence-electron chi connectivity index (χ2n) is 8.06. The van der Waals surface area contributed by atoms with Crippen molar-refractivity contribution in [1.29, 1.82) is 0 Å². The Morgan fingerprint density at radius 2 is 1.93 bits per heavy atom. The van der Waals surface area contributed by atoms with Gasteiger partial charge in [-0.3, -0.25) is 9.69 Å². The SMILES string of the molecule is Cc1ccc(CN2CCC[C@@H](n3cc(C(=O)NC4CCCC4)nn3)C2)cc1. The fourth-order valence-electron chi connectivity index (χ4n) is 4.23. The molecular formula is C21H29N5O. The van der Waals surface area contributed by atoms with Gasteiger partial charge in [0.05, 0.1) is 12.2 Å². The van der Waals surface area contributed by atoms with E-state index < -0.39 is 0 Å². The molecule has 2 heterocycles. The number of benzene rings is 1. The van der Waals surface area contributed by atoms with E-state index in [4.69, 9.17) is 0 Å². The molecule has 1 aliphatic carbocycles. The predicted molar refractivity (Wildman–Crippen MR) is 104 cm³/mol. The normalized spacial score (nSPS) is 21.4. The molecular weight excluding hydrogens is 338 g/mol. The van der Waals surface area contributed by atoms with Crippen LogP contribution in [0.4, 0.5) is 0 Å². The lowest BCUT2D eigenvalue weighted by atomic mass is 10.0. The predicted octanol–water partition coefficient (Wildman–Crippen LogP) is 3.10. The van der Waals surface area contributed by atoms with Crippen molar-refractivity contribution in [3.63, 3.8) is 0 Å². The molecule has 2 aliphatic rings. The van der Waals surface area contributed by atoms with Gasteiger partial charge in [0.25, 0.3) is 5.91 Å². The minimum absolute atomic E-state index is 0.0829. The van der Waals surface area contributed by atoms with Crippen LogP contribution in [0.25, 0.3) is 0 Å². The highest BCUT2D eigenvalue weighted by atomic mass is 16.2. The highest BCUT2D eigenvalue weighted by Crippen LogP contribution is 2.23. The van der Waals surface area contributed by atoms with Crippen LogP contribution in [0, 0.1) is 6.92 Å². The third-order valence-corrected chi connectivity index (χ3v) is 5.81. The van der Waals surface area contributed by atoms with E-state index in [0.717, 1.165) is 45.3 Å². The van der Waals surface area contributed by atoms with Gasteiger partial charge in [0.15, 0.2) is 5.69 Å². The van der Waals surface area contributed by atoms with Gasteiger partial charge in [-0.15, -0.1) is 5.10 Å². The molecule has 2 aromatic rings. The van der Waals surface area contributed by atoms with Crippen molar-refractivity contribution in [3.05, 3.63) is 47.3 Å². The molecule has 4 rings (SSSR count). The lowest BCUT2D eigenvalue weighted by Gasteiger charge is -2.32. The Morgan fingerprint density at radius 3 is 2.70 bits per heavy atom. The van der Waals surface area contributed by atoms with Crippen LogP contribution in [0.15, 0.2) is 30.5 Å². The Bertz CT molecular complexity index is 763. The first-order chi connectivity index (χ1) is 13.2. The molecule has 27 heavy (non-hydrogen) atoms. The van der Waals surface area contributed by atoms with Gasteiger partial charge in [0.2, 0.25) is 0 Å². The number of piperidine rings is 1. The molecule has 1 aromatic carbocycles. The molecule has 0 bridgehead atoms. The fraction of sp³-hybridized carbons (Fsp3) is 0.571. The maximum absolute atomic E-state index is 12.4. The zero-order valence-corrected chi connectivity index (χ0v) is 16.1. The number of carbonyl (C=O) groups is 1. The van der Waals surface area contributed by atoms with Gasteiger partial charge < -0.3 is 5.32 Å². The highest BCUT2D eigenvalue weighted by Gasteiger charge is 2.24. The second-order valence-corrected chi connectivity index (χ2v) is 8.06. The minimum Gasteiger partial charge on any atom is -0.348 e. The van der Waals surface area contributed by atoms with Gasteiger partial charge in [-0.25, -0.2) is 4.68 Å². The molecule has 1 aliphatic heterocycles. The first kappa shape index (κ1) is 18.2. The summed E-state index contributed by atoms with van der Waals surface area (Å²) < 4.78 is 1.89. The van der Waals surface area contributed by atoms with E-state index in [-0.39, 0.29) is 11.9 Å². The third-order valence-electron chi connectivity index (χ3n) is 5.81. The van der Waals surface area contributed by atoms with E-state index in [1.807, 2.05) is 10.9 Å². The first-order valence-corrected chi connectivity index (χ1v) is 10.2. The number of likely N-dealkylation sites (tertiary alicyclic amines) is 1. The summed E-state index contributed by atoms with van der Waals surface area (Å²) in [6.07, 6.45) is 8.61. The molecule has 0 radical (unpaired) electrons. The van der Waals surface area contributed by atoms with Crippen molar-refractivity contribution in [2.24, 2.45) is 0 Å². The van der Waals surface area contributed by atoms with Gasteiger partial charge in [-0.2, -0.15) is 0 Å². The Labute approximate surface area is 160 Å². The van der Waals surface area contributed by atoms with Crippen molar-refractivity contribution in [1.82, 2.24) is 25.2 Å². The lowest BCUT2D eigenvalue weighted by Crippen LogP contribution is -2.36. The molecule has 2 fully saturated rings. The van der Waals surface area contributed by atoms with Crippen LogP contribution >= 0.6 is 0 Å². The number of hydrogen-bond donors (Lipinski definition) is 1. The van der Waals surface area contributed by atoms with E-state index in [0.29, 0.717) is 11.7 Å². The number of nitrogens with one attached hydrogen (secondary N) is 1. The van der Waals surface area contributed by atoms with Crippen molar-refractivity contribution in [3.8, 4) is 0 Å². The summed E-state index contributed by atoms with van der Waals surface area (Å²) in [4.78, 5) is 14.9. The first-order valence-electron chi connectivity index (χ1n) is 10.2. The Kier molecular flexibility index (Phi) is 5.53. The maximum Gasteiger partial charge on any atom is 0.273 e. The summed E-state index contributed by atoms with van der Waals surface area (Å²) >= 11 is 0. The van der Waals surface area contributed by atoms with E-state index in [1.54, 1.807) is 0 Å². The summed E-state index contributed by atoms with van der Waals surface area (Å²) in [5.41, 5.74) is 3.08. The van der Waals surface area contributed by atoms with E-state index >= 15 is 0 Å². The Hall–Kier alpha value is -2.21. The van der Waals surface area contributed by atoms with Gasteiger partial charge in [0.1, 0.15) is 0 Å². The zero-order valence-electron chi connectivity index (χ0n) is 16.1. The van der Waals surface area contributed by atoms with E-state index in [9.17, 15) is 4.79 Å². The minimum atomic E-state index is -0.0829. The van der Waals surface area contributed by atoms with Crippen molar-refractivity contribution >= 4 is 5.91 Å². The van der Waals surface area contributed by atoms with Gasteiger partial charge in [-0.05, 0) is 44.7 Å². The van der Waals surface area contributed by atoms with Crippen LogP contribution < -0.4 is 5.32 Å². The average Bonchev–Trinajstić information content (AvgIpc) is 3.36. The van der Waals surface area contributed by atoms with Crippen molar-refractivity contribution < 1.29 is 4.79 Å². The van der Waals surface area contributed by atoms with Crippen LogP contribution in [0.2, 0.25) is 0 Å². The molecule has 1 aromatic heterocycles. The molecule has 6 nitrogen and oxygen atoms in total. The van der Waals surface area contributed by atoms with Crippen LogP contribution in [0.5, 0.6) is 0 Å². The van der Waals surface area contributed by atoms with E-state index in [2.05, 4.69) is 51.7 Å². The largest absolute Gasteiger partial charge is 0.348 e. The van der Waals surface area contributed by atoms with Crippen LogP contribution in [0.1, 0.15) is 66.2 Å². The third kappa shape index (κ3) is 4.56. The summed E-state index contributed by atoms with van der Waals surface area (Å²) in [5, 5.41) is 11.5. The average molecular weight is 367 g/mol. The highest BCUT2D eigenvalue weighted by molar-refractivity contribution is 5.92. The summed E-state index contributed by atoms with van der Waals surface area (Å²) in [7, 11) is 0. The summed E-state index contributed by atoms with van der Waals surface area (Å²) in [5.74, 6) is -0.0829. The lowest BCUT2D eigenvalue weighted by molar-refractivity contribution is 0.0932. The van der Waals surface area contributed by atoms with Crippen LogP contribution in [-0.4, -0.2) is 44.9 Å². The summed E-state index contributed by atoms with van der Waals surface area (Å²) in [6.45, 7) is 5.13. The Morgan fingerprint density at radius 1 is 1.15 bits per heavy atom. The molecule has 0 unspecified atom stereocenters. The van der Waals surface area contributed by atoms with Crippen molar-refractivity contribution in [2.45, 2.75) is 64.1 Å². The van der Waals surface area contributed by atoms with Crippen LogP contribution in [0.3, 0.4) is 0 Å². The number of rotatable bonds is 5.